The second kappa shape index (κ2) is 4.58. The maximum absolute atomic E-state index is 13.4. The van der Waals surface area contributed by atoms with Gasteiger partial charge in [-0.25, -0.2) is 18.1 Å². The molecule has 0 saturated heterocycles. The number of nitrogens with zero attached hydrogens (tertiary/aromatic N) is 1. The summed E-state index contributed by atoms with van der Waals surface area (Å²) in [5, 5.41) is 0. The molecule has 0 atom stereocenters. The topological polar surface area (TPSA) is 54.9 Å². The SMILES string of the molecule is O=c1cc(C(F)(F)F)[nH]c(=O)n1-c1cc(F)ccc1F. The highest BCUT2D eigenvalue weighted by atomic mass is 19.4. The molecule has 0 amide bonds. The number of hydrogen-bond acceptors (Lipinski definition) is 2. The number of nitrogens with one attached hydrogen (secondary N) is 1. The molecule has 0 spiro atoms. The molecule has 1 aromatic heterocycles. The summed E-state index contributed by atoms with van der Waals surface area (Å²) in [6.07, 6.45) is -4.93. The molecule has 2 rings (SSSR count). The average Bonchev–Trinajstić information content (AvgIpc) is 2.31. The van der Waals surface area contributed by atoms with Gasteiger partial charge in [-0.15, -0.1) is 0 Å². The van der Waals surface area contributed by atoms with Crippen LogP contribution < -0.4 is 11.2 Å². The molecule has 0 saturated carbocycles. The van der Waals surface area contributed by atoms with E-state index in [0.29, 0.717) is 12.1 Å². The predicted molar refractivity (Wildman–Crippen MR) is 57.6 cm³/mol. The van der Waals surface area contributed by atoms with Crippen LogP contribution >= 0.6 is 0 Å². The quantitative estimate of drug-likeness (QED) is 0.815. The molecule has 0 radical (unpaired) electrons. The Morgan fingerprint density at radius 2 is 1.70 bits per heavy atom. The van der Waals surface area contributed by atoms with E-state index in [1.54, 1.807) is 0 Å². The second-order valence-corrected chi connectivity index (χ2v) is 3.76. The molecule has 0 aliphatic carbocycles. The standard InChI is InChI=1S/C11H5F5N2O2/c12-5-1-2-6(13)7(3-5)18-9(19)4-8(11(14,15)16)17-10(18)20/h1-4H,(H,17,20). The molecule has 0 fully saturated rings. The predicted octanol–water partition coefficient (Wildman–Crippen LogP) is 1.82. The summed E-state index contributed by atoms with van der Waals surface area (Å²) in [5.41, 5.74) is -5.29. The van der Waals surface area contributed by atoms with E-state index in [4.69, 9.17) is 0 Å². The average molecular weight is 292 g/mol. The summed E-state index contributed by atoms with van der Waals surface area (Å²) < 4.78 is 63.6. The Labute approximate surface area is 107 Å². The summed E-state index contributed by atoms with van der Waals surface area (Å²) in [6.45, 7) is 0. The zero-order valence-electron chi connectivity index (χ0n) is 9.46. The first-order valence-corrected chi connectivity index (χ1v) is 5.09. The molecule has 0 bridgehead atoms. The highest BCUT2D eigenvalue weighted by molar-refractivity contribution is 5.34. The number of rotatable bonds is 1. The lowest BCUT2D eigenvalue weighted by Crippen LogP contribution is -2.36. The third-order valence-electron chi connectivity index (χ3n) is 2.39. The first kappa shape index (κ1) is 14.0. The Morgan fingerprint density at radius 3 is 2.25 bits per heavy atom. The summed E-state index contributed by atoms with van der Waals surface area (Å²) in [4.78, 5) is 24.4. The first-order valence-electron chi connectivity index (χ1n) is 5.09. The van der Waals surface area contributed by atoms with Gasteiger partial charge in [0.25, 0.3) is 5.56 Å². The third kappa shape index (κ3) is 2.46. The van der Waals surface area contributed by atoms with Crippen molar-refractivity contribution in [1.82, 2.24) is 9.55 Å². The lowest BCUT2D eigenvalue weighted by molar-refractivity contribution is -0.141. The molecule has 9 heteroatoms. The Kier molecular flexibility index (Phi) is 3.20. The summed E-state index contributed by atoms with van der Waals surface area (Å²) >= 11 is 0. The molecular formula is C11H5F5N2O2. The summed E-state index contributed by atoms with van der Waals surface area (Å²) in [5.74, 6) is -2.08. The van der Waals surface area contributed by atoms with Crippen molar-refractivity contribution < 1.29 is 22.0 Å². The fourth-order valence-electron chi connectivity index (χ4n) is 1.53. The van der Waals surface area contributed by atoms with Crippen LogP contribution in [-0.4, -0.2) is 9.55 Å². The Morgan fingerprint density at radius 1 is 1.05 bits per heavy atom. The molecule has 0 aliphatic rings. The molecule has 4 nitrogen and oxygen atoms in total. The molecule has 106 valence electrons. The highest BCUT2D eigenvalue weighted by Crippen LogP contribution is 2.25. The van der Waals surface area contributed by atoms with Crippen molar-refractivity contribution in [1.29, 1.82) is 0 Å². The normalized spacial score (nSPS) is 11.7. The largest absolute Gasteiger partial charge is 0.431 e. The van der Waals surface area contributed by atoms with Gasteiger partial charge in [-0.3, -0.25) is 4.79 Å². The monoisotopic (exact) mass is 292 g/mol. The lowest BCUT2D eigenvalue weighted by atomic mass is 10.3. The van der Waals surface area contributed by atoms with Gasteiger partial charge < -0.3 is 4.98 Å². The molecule has 1 N–H and O–H groups in total. The molecule has 20 heavy (non-hydrogen) atoms. The smallest absolute Gasteiger partial charge is 0.303 e. The van der Waals surface area contributed by atoms with Crippen LogP contribution in [0.3, 0.4) is 0 Å². The second-order valence-electron chi connectivity index (χ2n) is 3.76. The Hall–Kier alpha value is -2.45. The van der Waals surface area contributed by atoms with E-state index < -0.39 is 40.4 Å². The van der Waals surface area contributed by atoms with Gasteiger partial charge in [0, 0.05) is 12.1 Å². The van der Waals surface area contributed by atoms with E-state index in [0.717, 1.165) is 6.07 Å². The van der Waals surface area contributed by atoms with Gasteiger partial charge in [-0.2, -0.15) is 13.2 Å². The number of alkyl halides is 3. The number of aromatic amines is 1. The van der Waals surface area contributed by atoms with Crippen molar-refractivity contribution >= 4 is 0 Å². The number of aromatic nitrogens is 2. The van der Waals surface area contributed by atoms with Crippen LogP contribution in [0.4, 0.5) is 22.0 Å². The minimum absolute atomic E-state index is 0.0770. The van der Waals surface area contributed by atoms with Crippen LogP contribution in [0, 0.1) is 11.6 Å². The molecule has 0 unspecified atom stereocenters. The lowest BCUT2D eigenvalue weighted by Gasteiger charge is -2.09. The van der Waals surface area contributed by atoms with Gasteiger partial charge in [-0.05, 0) is 12.1 Å². The van der Waals surface area contributed by atoms with E-state index in [1.807, 2.05) is 0 Å². The van der Waals surface area contributed by atoms with E-state index in [9.17, 15) is 31.5 Å². The maximum Gasteiger partial charge on any atom is 0.431 e. The highest BCUT2D eigenvalue weighted by Gasteiger charge is 2.33. The number of benzene rings is 1. The minimum atomic E-state index is -4.93. The van der Waals surface area contributed by atoms with Crippen LogP contribution in [0.2, 0.25) is 0 Å². The number of hydrogen-bond donors (Lipinski definition) is 1. The Balaban J connectivity index is 2.75. The zero-order chi connectivity index (χ0) is 15.1. The van der Waals surface area contributed by atoms with Gasteiger partial charge >= 0.3 is 11.9 Å². The fourth-order valence-corrected chi connectivity index (χ4v) is 1.53. The maximum atomic E-state index is 13.4. The van der Waals surface area contributed by atoms with Crippen molar-refractivity contribution in [2.75, 3.05) is 0 Å². The van der Waals surface area contributed by atoms with Crippen molar-refractivity contribution in [3.63, 3.8) is 0 Å². The zero-order valence-corrected chi connectivity index (χ0v) is 9.46. The van der Waals surface area contributed by atoms with E-state index in [1.165, 1.54) is 4.98 Å². The Bertz CT molecular complexity index is 744. The van der Waals surface area contributed by atoms with E-state index in [2.05, 4.69) is 0 Å². The van der Waals surface area contributed by atoms with Crippen molar-refractivity contribution in [3.05, 3.63) is 62.4 Å². The van der Waals surface area contributed by atoms with Crippen molar-refractivity contribution in [2.24, 2.45) is 0 Å². The minimum Gasteiger partial charge on any atom is -0.303 e. The van der Waals surface area contributed by atoms with Crippen LogP contribution in [0.5, 0.6) is 0 Å². The molecule has 2 aromatic rings. The third-order valence-corrected chi connectivity index (χ3v) is 2.39. The van der Waals surface area contributed by atoms with Crippen LogP contribution in [0.25, 0.3) is 5.69 Å². The van der Waals surface area contributed by atoms with Crippen molar-refractivity contribution in [3.8, 4) is 5.69 Å². The molecule has 0 aliphatic heterocycles. The number of halogens is 5. The van der Waals surface area contributed by atoms with Gasteiger partial charge in [-0.1, -0.05) is 0 Å². The van der Waals surface area contributed by atoms with Crippen LogP contribution in [-0.2, 0) is 6.18 Å². The first-order chi connectivity index (χ1) is 9.20. The van der Waals surface area contributed by atoms with Crippen LogP contribution in [0.1, 0.15) is 5.69 Å². The molecule has 1 heterocycles. The summed E-state index contributed by atoms with van der Waals surface area (Å²) in [7, 11) is 0. The fraction of sp³-hybridized carbons (Fsp3) is 0.0909. The number of H-pyrrole nitrogens is 1. The van der Waals surface area contributed by atoms with Gasteiger partial charge in [0.1, 0.15) is 17.3 Å². The molecule has 1 aromatic carbocycles. The summed E-state index contributed by atoms with van der Waals surface area (Å²) in [6, 6.07) is 2.00. The molecular weight excluding hydrogens is 287 g/mol. The van der Waals surface area contributed by atoms with E-state index >= 15 is 0 Å². The van der Waals surface area contributed by atoms with Crippen molar-refractivity contribution in [2.45, 2.75) is 6.18 Å². The van der Waals surface area contributed by atoms with E-state index in [-0.39, 0.29) is 10.6 Å². The van der Waals surface area contributed by atoms with Crippen LogP contribution in [0.15, 0.2) is 33.9 Å². The van der Waals surface area contributed by atoms with Gasteiger partial charge in [0.15, 0.2) is 0 Å². The van der Waals surface area contributed by atoms with Gasteiger partial charge in [0.2, 0.25) is 0 Å². The van der Waals surface area contributed by atoms with Gasteiger partial charge in [0.05, 0.1) is 5.69 Å².